The van der Waals surface area contributed by atoms with Crippen molar-refractivity contribution >= 4 is 11.9 Å². The normalized spacial score (nSPS) is 22.2. The van der Waals surface area contributed by atoms with Gasteiger partial charge >= 0.3 is 5.97 Å². The van der Waals surface area contributed by atoms with E-state index >= 15 is 0 Å². The summed E-state index contributed by atoms with van der Waals surface area (Å²) < 4.78 is 1.81. The van der Waals surface area contributed by atoms with E-state index in [0.717, 1.165) is 12.1 Å². The number of aliphatic carboxylic acids is 1. The molecule has 0 saturated heterocycles. The van der Waals surface area contributed by atoms with Crippen LogP contribution in [0.4, 0.5) is 0 Å². The smallest absolute Gasteiger partial charge is 0.306 e. The van der Waals surface area contributed by atoms with Crippen molar-refractivity contribution in [3.63, 3.8) is 0 Å². The van der Waals surface area contributed by atoms with Crippen molar-refractivity contribution in [1.29, 1.82) is 0 Å². The first-order valence-electron chi connectivity index (χ1n) is 6.98. The van der Waals surface area contributed by atoms with Gasteiger partial charge in [-0.25, -0.2) is 0 Å². The Balaban J connectivity index is 2.01. The first-order valence-corrected chi connectivity index (χ1v) is 6.98. The first kappa shape index (κ1) is 14.6. The van der Waals surface area contributed by atoms with Crippen molar-refractivity contribution in [2.45, 2.75) is 52.1 Å². The maximum Gasteiger partial charge on any atom is 0.306 e. The first-order chi connectivity index (χ1) is 9.40. The molecule has 1 fully saturated rings. The van der Waals surface area contributed by atoms with Gasteiger partial charge in [0.25, 0.3) is 5.91 Å². The molecular weight excluding hydrogens is 258 g/mol. The predicted molar refractivity (Wildman–Crippen MR) is 73.6 cm³/mol. The Labute approximate surface area is 118 Å². The lowest BCUT2D eigenvalue weighted by Gasteiger charge is -2.13. The van der Waals surface area contributed by atoms with Crippen LogP contribution in [-0.2, 0) is 4.79 Å². The van der Waals surface area contributed by atoms with Crippen molar-refractivity contribution in [2.24, 2.45) is 5.92 Å². The van der Waals surface area contributed by atoms with Crippen LogP contribution in [0.25, 0.3) is 0 Å². The van der Waals surface area contributed by atoms with Gasteiger partial charge in [-0.2, -0.15) is 5.10 Å². The molecule has 20 heavy (non-hydrogen) atoms. The van der Waals surface area contributed by atoms with E-state index in [9.17, 15) is 9.59 Å². The van der Waals surface area contributed by atoms with Crippen LogP contribution >= 0.6 is 0 Å². The number of hydrogen-bond acceptors (Lipinski definition) is 3. The minimum Gasteiger partial charge on any atom is -0.481 e. The summed E-state index contributed by atoms with van der Waals surface area (Å²) >= 11 is 0. The zero-order chi connectivity index (χ0) is 14.9. The summed E-state index contributed by atoms with van der Waals surface area (Å²) in [6.07, 6.45) is 3.44. The van der Waals surface area contributed by atoms with Crippen LogP contribution in [0.1, 0.15) is 55.2 Å². The van der Waals surface area contributed by atoms with Gasteiger partial charge in [0.05, 0.1) is 17.7 Å². The predicted octanol–water partition coefficient (Wildman–Crippen LogP) is 1.76. The maximum absolute atomic E-state index is 12.2. The molecule has 2 rings (SSSR count). The minimum atomic E-state index is -0.773. The van der Waals surface area contributed by atoms with E-state index in [4.69, 9.17) is 5.11 Å². The molecule has 1 saturated carbocycles. The van der Waals surface area contributed by atoms with Gasteiger partial charge in [-0.15, -0.1) is 0 Å². The molecule has 6 nitrogen and oxygen atoms in total. The van der Waals surface area contributed by atoms with Crippen LogP contribution in [0.5, 0.6) is 0 Å². The standard InChI is InChI=1S/C14H21N3O3/c1-8(2)17-9(3)12(7-15-17)13(18)16-11-5-4-10(6-11)14(19)20/h7-8,10-11H,4-6H2,1-3H3,(H,16,18)(H,19,20)/t10-,11+/m1/s1. The Morgan fingerprint density at radius 1 is 1.45 bits per heavy atom. The Kier molecular flexibility index (Phi) is 4.11. The Morgan fingerprint density at radius 3 is 2.65 bits per heavy atom. The third-order valence-corrected chi connectivity index (χ3v) is 3.90. The number of amides is 1. The quantitative estimate of drug-likeness (QED) is 0.879. The number of nitrogens with zero attached hydrogens (tertiary/aromatic N) is 2. The molecule has 1 aliphatic rings. The molecule has 110 valence electrons. The van der Waals surface area contributed by atoms with Crippen LogP contribution in [0.3, 0.4) is 0 Å². The number of carboxylic acids is 1. The van der Waals surface area contributed by atoms with Gasteiger partial charge in [0.2, 0.25) is 0 Å². The van der Waals surface area contributed by atoms with E-state index in [-0.39, 0.29) is 23.9 Å². The molecule has 0 aromatic carbocycles. The van der Waals surface area contributed by atoms with Crippen molar-refractivity contribution in [2.75, 3.05) is 0 Å². The number of carbonyl (C=O) groups excluding carboxylic acids is 1. The molecule has 1 aliphatic carbocycles. The zero-order valence-corrected chi connectivity index (χ0v) is 12.1. The van der Waals surface area contributed by atoms with E-state index in [1.165, 1.54) is 0 Å². The van der Waals surface area contributed by atoms with Gasteiger partial charge in [-0.1, -0.05) is 0 Å². The van der Waals surface area contributed by atoms with Crippen LogP contribution in [0.2, 0.25) is 0 Å². The second kappa shape index (κ2) is 5.64. The fourth-order valence-corrected chi connectivity index (χ4v) is 2.77. The highest BCUT2D eigenvalue weighted by molar-refractivity contribution is 5.95. The Bertz CT molecular complexity index is 522. The summed E-state index contributed by atoms with van der Waals surface area (Å²) in [5.74, 6) is -1.27. The summed E-state index contributed by atoms with van der Waals surface area (Å²) in [4.78, 5) is 23.1. The molecule has 1 aromatic heterocycles. The molecule has 1 aromatic rings. The molecule has 0 radical (unpaired) electrons. The van der Waals surface area contributed by atoms with Crippen molar-refractivity contribution < 1.29 is 14.7 Å². The molecule has 2 atom stereocenters. The van der Waals surface area contributed by atoms with Crippen molar-refractivity contribution in [1.82, 2.24) is 15.1 Å². The number of carboxylic acid groups (broad SMARTS) is 1. The molecular formula is C14H21N3O3. The van der Waals surface area contributed by atoms with Crippen molar-refractivity contribution in [3.05, 3.63) is 17.5 Å². The number of carbonyl (C=O) groups is 2. The molecule has 1 heterocycles. The molecule has 6 heteroatoms. The van der Waals surface area contributed by atoms with Crippen LogP contribution in [-0.4, -0.2) is 32.8 Å². The fraction of sp³-hybridized carbons (Fsp3) is 0.643. The topological polar surface area (TPSA) is 84.2 Å². The number of aromatic nitrogens is 2. The summed E-state index contributed by atoms with van der Waals surface area (Å²) in [6, 6.07) is 0.157. The second-order valence-corrected chi connectivity index (χ2v) is 5.70. The number of nitrogens with one attached hydrogen (secondary N) is 1. The van der Waals surface area contributed by atoms with E-state index in [0.29, 0.717) is 18.4 Å². The summed E-state index contributed by atoms with van der Waals surface area (Å²) in [7, 11) is 0. The summed E-state index contributed by atoms with van der Waals surface area (Å²) in [5.41, 5.74) is 1.41. The summed E-state index contributed by atoms with van der Waals surface area (Å²) in [6.45, 7) is 5.89. The lowest BCUT2D eigenvalue weighted by Crippen LogP contribution is -2.33. The zero-order valence-electron chi connectivity index (χ0n) is 12.1. The van der Waals surface area contributed by atoms with Gasteiger partial charge in [-0.3, -0.25) is 14.3 Å². The third kappa shape index (κ3) is 2.84. The molecule has 1 amide bonds. The van der Waals surface area contributed by atoms with Gasteiger partial charge in [0, 0.05) is 17.8 Å². The molecule has 0 bridgehead atoms. The van der Waals surface area contributed by atoms with Gasteiger partial charge in [0.15, 0.2) is 0 Å². The van der Waals surface area contributed by atoms with Crippen LogP contribution in [0, 0.1) is 12.8 Å². The SMILES string of the molecule is Cc1c(C(=O)N[C@H]2CC[C@@H](C(=O)O)C2)cnn1C(C)C. The van der Waals surface area contributed by atoms with Crippen molar-refractivity contribution in [3.8, 4) is 0 Å². The van der Waals surface area contributed by atoms with E-state index in [1.807, 2.05) is 25.5 Å². The van der Waals surface area contributed by atoms with E-state index in [1.54, 1.807) is 6.20 Å². The third-order valence-electron chi connectivity index (χ3n) is 3.90. The minimum absolute atomic E-state index is 0.0506. The molecule has 0 aliphatic heterocycles. The van der Waals surface area contributed by atoms with Crippen LogP contribution in [0.15, 0.2) is 6.20 Å². The van der Waals surface area contributed by atoms with E-state index < -0.39 is 5.97 Å². The Hall–Kier alpha value is -1.85. The maximum atomic E-state index is 12.2. The number of rotatable bonds is 4. The molecule has 0 spiro atoms. The van der Waals surface area contributed by atoms with Gasteiger partial charge in [0.1, 0.15) is 0 Å². The highest BCUT2D eigenvalue weighted by Gasteiger charge is 2.31. The average molecular weight is 279 g/mol. The second-order valence-electron chi connectivity index (χ2n) is 5.70. The largest absolute Gasteiger partial charge is 0.481 e. The van der Waals surface area contributed by atoms with Gasteiger partial charge < -0.3 is 10.4 Å². The number of hydrogen-bond donors (Lipinski definition) is 2. The average Bonchev–Trinajstić information content (AvgIpc) is 2.95. The highest BCUT2D eigenvalue weighted by atomic mass is 16.4. The fourth-order valence-electron chi connectivity index (χ4n) is 2.77. The lowest BCUT2D eigenvalue weighted by atomic mass is 10.1. The lowest BCUT2D eigenvalue weighted by molar-refractivity contribution is -0.141. The molecule has 2 N–H and O–H groups in total. The molecule has 0 unspecified atom stereocenters. The Morgan fingerprint density at radius 2 is 2.15 bits per heavy atom. The monoisotopic (exact) mass is 279 g/mol. The highest BCUT2D eigenvalue weighted by Crippen LogP contribution is 2.26. The van der Waals surface area contributed by atoms with Gasteiger partial charge in [-0.05, 0) is 40.0 Å². The van der Waals surface area contributed by atoms with E-state index in [2.05, 4.69) is 10.4 Å². The van der Waals surface area contributed by atoms with Crippen LogP contribution < -0.4 is 5.32 Å². The summed E-state index contributed by atoms with van der Waals surface area (Å²) in [5, 5.41) is 16.1.